The first-order valence-electron chi connectivity index (χ1n) is 13.8. The Morgan fingerprint density at radius 2 is 1.14 bits per heavy atom. The third-order valence-corrected chi connectivity index (χ3v) is 7.76. The molecule has 0 fully saturated rings. The van der Waals surface area contributed by atoms with Crippen molar-refractivity contribution in [1.29, 1.82) is 0 Å². The minimum atomic E-state index is -1.37. The molecule has 0 unspecified atom stereocenters. The molecule has 0 aliphatic carbocycles. The zero-order valence-electron chi connectivity index (χ0n) is 22.7. The number of allylic oxidation sites excluding steroid dienone is 2. The Morgan fingerprint density at radius 1 is 0.714 bits per heavy atom. The second kappa shape index (κ2) is 14.9. The second-order valence-corrected chi connectivity index (χ2v) is 10.9. The Kier molecular flexibility index (Phi) is 12.0. The summed E-state index contributed by atoms with van der Waals surface area (Å²) in [4.78, 5) is 42.0. The summed E-state index contributed by atoms with van der Waals surface area (Å²) >= 11 is 0. The Morgan fingerprint density at radius 3 is 1.57 bits per heavy atom. The number of nitrogens with zero attached hydrogens (tertiary/aromatic N) is 2. The molecule has 4 heterocycles. The van der Waals surface area contributed by atoms with Gasteiger partial charge < -0.3 is 18.9 Å². The number of hydrogen-bond acceptors (Lipinski definition) is 7. The number of hydrogen-bond donors (Lipinski definition) is 0. The van der Waals surface area contributed by atoms with Crippen LogP contribution in [0.15, 0.2) is 48.6 Å². The molecule has 2 aromatic carbocycles. The van der Waals surface area contributed by atoms with E-state index in [0.29, 0.717) is 37.7 Å². The summed E-state index contributed by atoms with van der Waals surface area (Å²) in [5, 5.41) is 0. The van der Waals surface area contributed by atoms with Crippen LogP contribution in [0.1, 0.15) is 48.9 Å². The molecule has 212 valence electrons. The van der Waals surface area contributed by atoms with Crippen LogP contribution in [0.5, 0.6) is 11.5 Å². The Bertz CT molecular complexity index is 1330. The number of rotatable bonds is 2. The van der Waals surface area contributed by atoms with Gasteiger partial charge in [-0.1, -0.05) is 50.3 Å². The average molecular weight is 625 g/mol. The van der Waals surface area contributed by atoms with Crippen LogP contribution in [0.2, 0.25) is 0 Å². The Hall–Kier alpha value is -0.997. The van der Waals surface area contributed by atoms with Crippen molar-refractivity contribution < 1.29 is 33.3 Å². The van der Waals surface area contributed by atoms with Gasteiger partial charge in [-0.15, -0.1) is 0 Å². The number of para-hydroxylation sites is 2. The zero-order chi connectivity index (χ0) is 27.8. The Balaban J connectivity index is 0.00000202. The van der Waals surface area contributed by atoms with Gasteiger partial charge in [-0.3, -0.25) is 9.80 Å². The summed E-state index contributed by atoms with van der Waals surface area (Å²) in [6, 6.07) is 11.6. The van der Waals surface area contributed by atoms with E-state index in [1.165, 1.54) is 9.80 Å². The van der Waals surface area contributed by atoms with Crippen LogP contribution in [0.25, 0.3) is 11.4 Å². The van der Waals surface area contributed by atoms with Gasteiger partial charge in [-0.05, 0) is 47.9 Å². The third-order valence-electron chi connectivity index (χ3n) is 7.76. The molecule has 2 aromatic rings. The van der Waals surface area contributed by atoms with Crippen LogP contribution in [-0.4, -0.2) is 157 Å². The van der Waals surface area contributed by atoms with E-state index in [4.69, 9.17) is 18.9 Å². The van der Waals surface area contributed by atoms with Gasteiger partial charge in [0, 0.05) is 37.1 Å². The van der Waals surface area contributed by atoms with Gasteiger partial charge in [0.15, 0.2) is 0 Å². The summed E-state index contributed by atoms with van der Waals surface area (Å²) in [6.07, 6.45) is 3.87. The van der Waals surface area contributed by atoms with Gasteiger partial charge in [0.25, 0.3) is 0 Å². The van der Waals surface area contributed by atoms with E-state index in [2.05, 4.69) is 0 Å². The monoisotopic (exact) mass is 624 g/mol. The first-order chi connectivity index (χ1) is 19.4. The molecule has 2 amide bonds. The topological polar surface area (TPSA) is 94.6 Å². The standard InChI is InChI=1S/C31H32N2O7.2K.2H/c1-19-9-11-25(23-7-3-5-21-13-15-37-27(21)23)32(17-19)29(34)39-31(36)40-30(35)33-18-20(2)10-12-26(33)24-8-4-6-22-14-16-38-28(22)24;;;;/h3-8,11-12,19-20H,9-10,13-18H2,1-2H3;;;;/t19-,20-;;;;/m0..../s1. The number of amides is 2. The van der Waals surface area contributed by atoms with E-state index in [-0.39, 0.29) is 115 Å². The molecule has 4 aliphatic rings. The molecule has 0 spiro atoms. The number of fused-ring (bicyclic) bond motifs is 2. The van der Waals surface area contributed by atoms with Crippen molar-refractivity contribution >= 4 is 133 Å². The van der Waals surface area contributed by atoms with Crippen molar-refractivity contribution in [3.05, 3.63) is 70.8 Å². The van der Waals surface area contributed by atoms with Crippen LogP contribution in [0, 0.1) is 11.8 Å². The SMILES string of the molecule is C[C@H]1CC=C(c2cccc3c2OCC3)N(C(=O)OC(=O)OC(=O)N2C[C@@H](C)CC=C2c2cccc3c2OCC3)C1.[KH].[KH]. The normalized spacial score (nSPS) is 20.3. The first kappa shape index (κ1) is 33.9. The van der Waals surface area contributed by atoms with Gasteiger partial charge in [0.1, 0.15) is 11.5 Å². The predicted molar refractivity (Wildman–Crippen MR) is 161 cm³/mol. The summed E-state index contributed by atoms with van der Waals surface area (Å²) in [6.45, 7) is 5.89. The molecular weight excluding hydrogens is 591 g/mol. The molecule has 0 N–H and O–H groups in total. The van der Waals surface area contributed by atoms with E-state index in [9.17, 15) is 14.4 Å². The van der Waals surface area contributed by atoms with Gasteiger partial charge in [-0.2, -0.15) is 0 Å². The fourth-order valence-corrected chi connectivity index (χ4v) is 5.78. The van der Waals surface area contributed by atoms with Crippen LogP contribution < -0.4 is 9.47 Å². The number of benzene rings is 2. The molecule has 0 saturated carbocycles. The van der Waals surface area contributed by atoms with Crippen molar-refractivity contribution in [3.63, 3.8) is 0 Å². The maximum absolute atomic E-state index is 13.2. The third kappa shape index (κ3) is 7.11. The molecule has 0 bridgehead atoms. The number of ether oxygens (including phenoxy) is 4. The van der Waals surface area contributed by atoms with E-state index >= 15 is 0 Å². The molecule has 6 rings (SSSR count). The van der Waals surface area contributed by atoms with Crippen LogP contribution in [0.3, 0.4) is 0 Å². The summed E-state index contributed by atoms with van der Waals surface area (Å²) in [5.41, 5.74) is 4.94. The van der Waals surface area contributed by atoms with E-state index in [1.54, 1.807) is 0 Å². The first-order valence-corrected chi connectivity index (χ1v) is 13.8. The molecule has 4 aliphatic heterocycles. The summed E-state index contributed by atoms with van der Waals surface area (Å²) < 4.78 is 21.8. The molecule has 0 aromatic heterocycles. The van der Waals surface area contributed by atoms with Crippen molar-refractivity contribution in [3.8, 4) is 11.5 Å². The maximum atomic E-state index is 13.2. The predicted octanol–water partition coefficient (Wildman–Crippen LogP) is 4.72. The van der Waals surface area contributed by atoms with Crippen molar-refractivity contribution in [2.75, 3.05) is 26.3 Å². The summed E-state index contributed by atoms with van der Waals surface area (Å²) in [5.74, 6) is 1.80. The second-order valence-electron chi connectivity index (χ2n) is 10.9. The molecular formula is C31H34K2N2O7. The quantitative estimate of drug-likeness (QED) is 0.271. The van der Waals surface area contributed by atoms with E-state index in [0.717, 1.165) is 59.4 Å². The van der Waals surface area contributed by atoms with Crippen molar-refractivity contribution in [2.24, 2.45) is 11.8 Å². The minimum absolute atomic E-state index is 0. The van der Waals surface area contributed by atoms with Crippen molar-refractivity contribution in [2.45, 2.75) is 39.5 Å². The zero-order valence-corrected chi connectivity index (χ0v) is 22.7. The molecule has 42 heavy (non-hydrogen) atoms. The molecule has 0 radical (unpaired) electrons. The molecule has 0 saturated heterocycles. The number of carbonyl (C=O) groups is 3. The van der Waals surface area contributed by atoms with Crippen molar-refractivity contribution in [1.82, 2.24) is 9.80 Å². The van der Waals surface area contributed by atoms with Gasteiger partial charge in [0.05, 0.1) is 24.6 Å². The van der Waals surface area contributed by atoms with E-state index in [1.807, 2.05) is 62.4 Å². The van der Waals surface area contributed by atoms with Gasteiger partial charge in [0.2, 0.25) is 0 Å². The van der Waals surface area contributed by atoms with Crippen LogP contribution in [0.4, 0.5) is 14.4 Å². The molecule has 11 heteroatoms. The number of carbonyl (C=O) groups excluding carboxylic acids is 3. The van der Waals surface area contributed by atoms with Crippen LogP contribution >= 0.6 is 0 Å². The van der Waals surface area contributed by atoms with Crippen LogP contribution in [-0.2, 0) is 22.3 Å². The fourth-order valence-electron chi connectivity index (χ4n) is 5.78. The van der Waals surface area contributed by atoms with Gasteiger partial charge in [-0.25, -0.2) is 14.4 Å². The fraction of sp³-hybridized carbons (Fsp3) is 0.387. The Labute approximate surface area is 330 Å². The van der Waals surface area contributed by atoms with Gasteiger partial charge >= 0.3 is 121 Å². The van der Waals surface area contributed by atoms with E-state index < -0.39 is 18.3 Å². The molecule has 9 nitrogen and oxygen atoms in total. The average Bonchev–Trinajstić information content (AvgIpc) is 3.62. The molecule has 2 atom stereocenters. The summed E-state index contributed by atoms with van der Waals surface area (Å²) in [7, 11) is 0.